The smallest absolute Gasteiger partial charge is 0.224 e. The van der Waals surface area contributed by atoms with Crippen LogP contribution in [0, 0.1) is 6.92 Å². The van der Waals surface area contributed by atoms with Crippen molar-refractivity contribution in [3.8, 4) is 5.75 Å². The first-order valence-corrected chi connectivity index (χ1v) is 8.75. The number of anilines is 3. The van der Waals surface area contributed by atoms with Crippen LogP contribution in [0.5, 0.6) is 5.75 Å². The second-order valence-electron chi connectivity index (χ2n) is 5.88. The lowest BCUT2D eigenvalue weighted by atomic mass is 10.1. The lowest BCUT2D eigenvalue weighted by Crippen LogP contribution is -2.09. The van der Waals surface area contributed by atoms with Crippen molar-refractivity contribution in [2.75, 3.05) is 24.3 Å². The van der Waals surface area contributed by atoms with Gasteiger partial charge in [-0.05, 0) is 55.3 Å². The fourth-order valence-electron chi connectivity index (χ4n) is 2.54. The van der Waals surface area contributed by atoms with E-state index in [2.05, 4.69) is 26.7 Å². The maximum atomic E-state index is 5.92. The Morgan fingerprint density at radius 3 is 2.62 bits per heavy atom. The van der Waals surface area contributed by atoms with Gasteiger partial charge in [0.15, 0.2) is 0 Å². The molecule has 2 N–H and O–H groups in total. The molecule has 0 atom stereocenters. The van der Waals surface area contributed by atoms with E-state index in [1.54, 1.807) is 7.11 Å². The van der Waals surface area contributed by atoms with Gasteiger partial charge in [0, 0.05) is 29.0 Å². The number of hydrogen-bond acceptors (Lipinski definition) is 5. The number of halogens is 1. The molecule has 0 saturated heterocycles. The normalized spacial score (nSPS) is 10.4. The summed E-state index contributed by atoms with van der Waals surface area (Å²) in [5.74, 6) is 2.21. The Labute approximate surface area is 158 Å². The molecular formula is C20H21ClN4O. The summed E-state index contributed by atoms with van der Waals surface area (Å²) in [4.78, 5) is 8.97. The molecule has 134 valence electrons. The van der Waals surface area contributed by atoms with E-state index in [0.29, 0.717) is 11.0 Å². The molecule has 5 nitrogen and oxygen atoms in total. The van der Waals surface area contributed by atoms with Crippen molar-refractivity contribution in [1.29, 1.82) is 0 Å². The molecule has 0 aliphatic heterocycles. The predicted octanol–water partition coefficient (Wildman–Crippen LogP) is 4.85. The zero-order chi connectivity index (χ0) is 18.4. The van der Waals surface area contributed by atoms with Crippen LogP contribution >= 0.6 is 11.6 Å². The van der Waals surface area contributed by atoms with Crippen molar-refractivity contribution in [2.24, 2.45) is 0 Å². The van der Waals surface area contributed by atoms with Gasteiger partial charge in [0.25, 0.3) is 0 Å². The summed E-state index contributed by atoms with van der Waals surface area (Å²) < 4.78 is 5.25. The summed E-state index contributed by atoms with van der Waals surface area (Å²) >= 11 is 5.92. The standard InChI is InChI=1S/C20H21ClN4O/c1-14-12-19(24-17-8-6-16(21)7-9-17)25-20(23-14)22-11-10-15-4-3-5-18(13-15)26-2/h3-9,12-13H,10-11H2,1-2H3,(H2,22,23,24,25). The van der Waals surface area contributed by atoms with Gasteiger partial charge in [0.2, 0.25) is 5.95 Å². The van der Waals surface area contributed by atoms with Crippen LogP contribution in [0.4, 0.5) is 17.5 Å². The summed E-state index contributed by atoms with van der Waals surface area (Å²) in [5, 5.41) is 7.25. The molecule has 0 spiro atoms. The summed E-state index contributed by atoms with van der Waals surface area (Å²) in [7, 11) is 1.67. The number of aryl methyl sites for hydroxylation is 1. The molecule has 1 heterocycles. The molecule has 0 bridgehead atoms. The molecule has 0 aliphatic carbocycles. The van der Waals surface area contributed by atoms with Gasteiger partial charge in [-0.15, -0.1) is 0 Å². The van der Waals surface area contributed by atoms with E-state index in [4.69, 9.17) is 16.3 Å². The highest BCUT2D eigenvalue weighted by Gasteiger charge is 2.04. The van der Waals surface area contributed by atoms with Crippen LogP contribution < -0.4 is 15.4 Å². The number of ether oxygens (including phenoxy) is 1. The van der Waals surface area contributed by atoms with Crippen molar-refractivity contribution < 1.29 is 4.74 Å². The van der Waals surface area contributed by atoms with Gasteiger partial charge < -0.3 is 15.4 Å². The molecule has 3 rings (SSSR count). The average Bonchev–Trinajstić information content (AvgIpc) is 2.63. The van der Waals surface area contributed by atoms with Crippen LogP contribution in [0.15, 0.2) is 54.6 Å². The largest absolute Gasteiger partial charge is 0.497 e. The molecule has 3 aromatic rings. The molecule has 0 amide bonds. The number of nitrogens with zero attached hydrogens (tertiary/aromatic N) is 2. The van der Waals surface area contributed by atoms with E-state index in [1.165, 1.54) is 5.56 Å². The van der Waals surface area contributed by atoms with Gasteiger partial charge in [-0.2, -0.15) is 4.98 Å². The van der Waals surface area contributed by atoms with E-state index in [0.717, 1.165) is 35.9 Å². The number of nitrogens with one attached hydrogen (secondary N) is 2. The first-order chi connectivity index (χ1) is 12.6. The van der Waals surface area contributed by atoms with Gasteiger partial charge in [-0.3, -0.25) is 0 Å². The van der Waals surface area contributed by atoms with Crippen LogP contribution in [0.25, 0.3) is 0 Å². The molecule has 0 saturated carbocycles. The first-order valence-electron chi connectivity index (χ1n) is 8.37. The summed E-state index contributed by atoms with van der Waals surface area (Å²) in [6.45, 7) is 2.68. The summed E-state index contributed by atoms with van der Waals surface area (Å²) in [6.07, 6.45) is 0.856. The highest BCUT2D eigenvalue weighted by atomic mass is 35.5. The van der Waals surface area contributed by atoms with E-state index < -0.39 is 0 Å². The zero-order valence-corrected chi connectivity index (χ0v) is 15.5. The van der Waals surface area contributed by atoms with E-state index in [-0.39, 0.29) is 0 Å². The van der Waals surface area contributed by atoms with Crippen LogP contribution in [0.3, 0.4) is 0 Å². The van der Waals surface area contributed by atoms with Crippen LogP contribution in [0.1, 0.15) is 11.3 Å². The minimum atomic E-state index is 0.601. The van der Waals surface area contributed by atoms with Crippen LogP contribution in [-0.4, -0.2) is 23.6 Å². The third-order valence-corrected chi connectivity index (χ3v) is 4.05. The minimum Gasteiger partial charge on any atom is -0.497 e. The van der Waals surface area contributed by atoms with Crippen LogP contribution in [-0.2, 0) is 6.42 Å². The third-order valence-electron chi connectivity index (χ3n) is 3.80. The van der Waals surface area contributed by atoms with Gasteiger partial charge in [-0.25, -0.2) is 4.98 Å². The molecule has 0 radical (unpaired) electrons. The molecule has 0 unspecified atom stereocenters. The van der Waals surface area contributed by atoms with Crippen molar-refractivity contribution in [1.82, 2.24) is 9.97 Å². The van der Waals surface area contributed by atoms with Crippen molar-refractivity contribution >= 4 is 29.1 Å². The molecule has 0 aliphatic rings. The Bertz CT molecular complexity index is 868. The average molecular weight is 369 g/mol. The topological polar surface area (TPSA) is 59.1 Å². The number of rotatable bonds is 7. The SMILES string of the molecule is COc1cccc(CCNc2nc(C)cc(Nc3ccc(Cl)cc3)n2)c1. The maximum Gasteiger partial charge on any atom is 0.224 e. The van der Waals surface area contributed by atoms with Crippen molar-refractivity contribution in [3.05, 3.63) is 70.9 Å². The van der Waals surface area contributed by atoms with Crippen molar-refractivity contribution in [2.45, 2.75) is 13.3 Å². The molecule has 2 aromatic carbocycles. The molecule has 1 aromatic heterocycles. The van der Waals surface area contributed by atoms with Crippen LogP contribution in [0.2, 0.25) is 5.02 Å². The Balaban J connectivity index is 1.62. The number of hydrogen-bond donors (Lipinski definition) is 2. The highest BCUT2D eigenvalue weighted by Crippen LogP contribution is 2.19. The minimum absolute atomic E-state index is 0.601. The lowest BCUT2D eigenvalue weighted by molar-refractivity contribution is 0.414. The monoisotopic (exact) mass is 368 g/mol. The van der Waals surface area contributed by atoms with E-state index in [9.17, 15) is 0 Å². The third kappa shape index (κ3) is 5.10. The van der Waals surface area contributed by atoms with Gasteiger partial charge in [0.05, 0.1) is 7.11 Å². The predicted molar refractivity (Wildman–Crippen MR) is 107 cm³/mol. The highest BCUT2D eigenvalue weighted by molar-refractivity contribution is 6.30. The van der Waals surface area contributed by atoms with Crippen molar-refractivity contribution in [3.63, 3.8) is 0 Å². The quantitative estimate of drug-likeness (QED) is 0.624. The Hall–Kier alpha value is -2.79. The maximum absolute atomic E-state index is 5.92. The Morgan fingerprint density at radius 1 is 1.04 bits per heavy atom. The fourth-order valence-corrected chi connectivity index (χ4v) is 2.67. The Kier molecular flexibility index (Phi) is 5.92. The Morgan fingerprint density at radius 2 is 1.85 bits per heavy atom. The second-order valence-corrected chi connectivity index (χ2v) is 6.31. The fraction of sp³-hybridized carbons (Fsp3) is 0.200. The van der Waals surface area contributed by atoms with E-state index in [1.807, 2.05) is 55.5 Å². The zero-order valence-electron chi connectivity index (χ0n) is 14.8. The second kappa shape index (κ2) is 8.54. The molecular weight excluding hydrogens is 348 g/mol. The number of aromatic nitrogens is 2. The first kappa shape index (κ1) is 18.0. The number of methoxy groups -OCH3 is 1. The van der Waals surface area contributed by atoms with Gasteiger partial charge in [0.1, 0.15) is 11.6 Å². The lowest BCUT2D eigenvalue weighted by Gasteiger charge is -2.10. The van der Waals surface area contributed by atoms with Gasteiger partial charge in [-0.1, -0.05) is 23.7 Å². The molecule has 26 heavy (non-hydrogen) atoms. The van der Waals surface area contributed by atoms with Gasteiger partial charge >= 0.3 is 0 Å². The molecule has 6 heteroatoms. The summed E-state index contributed by atoms with van der Waals surface area (Å²) in [6, 6.07) is 17.4. The molecule has 0 fully saturated rings. The van der Waals surface area contributed by atoms with E-state index >= 15 is 0 Å². The number of benzene rings is 2. The summed E-state index contributed by atoms with van der Waals surface area (Å²) in [5.41, 5.74) is 3.01.